The number of piperidine rings is 1. The van der Waals surface area contributed by atoms with Gasteiger partial charge in [0, 0.05) is 38.6 Å². The maximum Gasteiger partial charge on any atom is 0.222 e. The molecule has 2 unspecified atom stereocenters. The average molecular weight is 293 g/mol. The van der Waals surface area contributed by atoms with Gasteiger partial charge in [-0.05, 0) is 50.6 Å². The van der Waals surface area contributed by atoms with Crippen molar-refractivity contribution >= 4 is 5.91 Å². The predicted molar refractivity (Wildman–Crippen MR) is 85.2 cm³/mol. The number of carbonyl (C=O) groups is 1. The van der Waals surface area contributed by atoms with Crippen LogP contribution in [-0.4, -0.2) is 61.0 Å². The highest BCUT2D eigenvalue weighted by molar-refractivity contribution is 5.76. The molecular formula is C17H31N3O. The van der Waals surface area contributed by atoms with E-state index in [0.29, 0.717) is 17.7 Å². The van der Waals surface area contributed by atoms with Gasteiger partial charge in [-0.25, -0.2) is 0 Å². The Hall–Kier alpha value is -0.610. The Labute approximate surface area is 129 Å². The molecule has 120 valence electrons. The van der Waals surface area contributed by atoms with E-state index in [1.165, 1.54) is 32.1 Å². The van der Waals surface area contributed by atoms with E-state index in [9.17, 15) is 4.79 Å². The number of carbonyl (C=O) groups excluding carboxylic acids is 1. The zero-order valence-electron chi connectivity index (χ0n) is 13.5. The van der Waals surface area contributed by atoms with Crippen LogP contribution in [0.3, 0.4) is 0 Å². The Morgan fingerprint density at radius 3 is 2.48 bits per heavy atom. The summed E-state index contributed by atoms with van der Waals surface area (Å²) in [4.78, 5) is 17.2. The van der Waals surface area contributed by atoms with E-state index in [1.807, 2.05) is 0 Å². The van der Waals surface area contributed by atoms with Crippen LogP contribution in [0, 0.1) is 11.8 Å². The standard InChI is InChI=1S/C17H31N3O/c1-14(15-4-3-7-18-13-15)12-17(21)20-10-8-19(9-11-20)16-5-2-6-16/h14-16,18H,2-13H2,1H3. The van der Waals surface area contributed by atoms with E-state index < -0.39 is 0 Å². The molecule has 0 aromatic rings. The third-order valence-electron chi connectivity index (χ3n) is 5.89. The summed E-state index contributed by atoms with van der Waals surface area (Å²) in [6.07, 6.45) is 7.45. The number of piperazine rings is 1. The number of amides is 1. The zero-order chi connectivity index (χ0) is 14.7. The van der Waals surface area contributed by atoms with Crippen molar-refractivity contribution in [2.75, 3.05) is 39.3 Å². The van der Waals surface area contributed by atoms with E-state index in [0.717, 1.165) is 51.7 Å². The van der Waals surface area contributed by atoms with E-state index in [1.54, 1.807) is 0 Å². The van der Waals surface area contributed by atoms with Gasteiger partial charge in [-0.1, -0.05) is 13.3 Å². The van der Waals surface area contributed by atoms with Gasteiger partial charge in [0.05, 0.1) is 0 Å². The van der Waals surface area contributed by atoms with Crippen molar-refractivity contribution in [2.45, 2.75) is 51.5 Å². The fourth-order valence-electron chi connectivity index (χ4n) is 4.02. The van der Waals surface area contributed by atoms with Crippen molar-refractivity contribution in [2.24, 2.45) is 11.8 Å². The number of hydrogen-bond donors (Lipinski definition) is 1. The van der Waals surface area contributed by atoms with Gasteiger partial charge in [-0.3, -0.25) is 9.69 Å². The lowest BCUT2D eigenvalue weighted by molar-refractivity contribution is -0.134. The molecule has 3 rings (SSSR count). The number of nitrogens with one attached hydrogen (secondary N) is 1. The molecule has 3 aliphatic rings. The van der Waals surface area contributed by atoms with Crippen LogP contribution in [-0.2, 0) is 4.79 Å². The van der Waals surface area contributed by atoms with Crippen molar-refractivity contribution in [3.8, 4) is 0 Å². The third-order valence-corrected chi connectivity index (χ3v) is 5.89. The molecule has 1 saturated carbocycles. The predicted octanol–water partition coefficient (Wildman–Crippen LogP) is 1.71. The molecule has 0 bridgehead atoms. The second kappa shape index (κ2) is 7.10. The van der Waals surface area contributed by atoms with E-state index in [-0.39, 0.29) is 0 Å². The third kappa shape index (κ3) is 3.78. The molecule has 2 heterocycles. The molecule has 21 heavy (non-hydrogen) atoms. The van der Waals surface area contributed by atoms with Gasteiger partial charge >= 0.3 is 0 Å². The molecule has 2 atom stereocenters. The molecule has 1 amide bonds. The van der Waals surface area contributed by atoms with Gasteiger partial charge in [-0.15, -0.1) is 0 Å². The molecule has 2 saturated heterocycles. The van der Waals surface area contributed by atoms with Gasteiger partial charge in [0.2, 0.25) is 5.91 Å². The Morgan fingerprint density at radius 1 is 1.14 bits per heavy atom. The smallest absolute Gasteiger partial charge is 0.222 e. The Kier molecular flexibility index (Phi) is 5.17. The van der Waals surface area contributed by atoms with Crippen molar-refractivity contribution in [1.82, 2.24) is 15.1 Å². The first-order chi connectivity index (χ1) is 10.2. The minimum atomic E-state index is 0.390. The van der Waals surface area contributed by atoms with Gasteiger partial charge < -0.3 is 10.2 Å². The first-order valence-electron chi connectivity index (χ1n) is 8.96. The molecule has 0 aromatic heterocycles. The van der Waals surface area contributed by atoms with Crippen molar-refractivity contribution in [3.63, 3.8) is 0 Å². The van der Waals surface area contributed by atoms with Crippen LogP contribution in [0.4, 0.5) is 0 Å². The van der Waals surface area contributed by atoms with E-state index in [4.69, 9.17) is 0 Å². The monoisotopic (exact) mass is 293 g/mol. The molecule has 3 fully saturated rings. The molecule has 4 heteroatoms. The van der Waals surface area contributed by atoms with Gasteiger partial charge in [0.1, 0.15) is 0 Å². The number of nitrogens with zero attached hydrogens (tertiary/aromatic N) is 2. The average Bonchev–Trinajstić information content (AvgIpc) is 2.47. The quantitative estimate of drug-likeness (QED) is 0.857. The minimum Gasteiger partial charge on any atom is -0.340 e. The van der Waals surface area contributed by atoms with Crippen LogP contribution < -0.4 is 5.32 Å². The second-order valence-corrected chi connectivity index (χ2v) is 7.29. The molecule has 2 aliphatic heterocycles. The van der Waals surface area contributed by atoms with Crippen LogP contribution in [0.25, 0.3) is 0 Å². The van der Waals surface area contributed by atoms with Crippen LogP contribution in [0.15, 0.2) is 0 Å². The van der Waals surface area contributed by atoms with Crippen LogP contribution >= 0.6 is 0 Å². The maximum absolute atomic E-state index is 12.5. The number of rotatable bonds is 4. The Bertz CT molecular complexity index is 342. The lowest BCUT2D eigenvalue weighted by Crippen LogP contribution is -2.53. The molecule has 1 aliphatic carbocycles. The summed E-state index contributed by atoms with van der Waals surface area (Å²) in [5.74, 6) is 1.61. The van der Waals surface area contributed by atoms with Crippen molar-refractivity contribution < 1.29 is 4.79 Å². The van der Waals surface area contributed by atoms with E-state index in [2.05, 4.69) is 22.0 Å². The van der Waals surface area contributed by atoms with E-state index >= 15 is 0 Å². The summed E-state index contributed by atoms with van der Waals surface area (Å²) in [6.45, 7) is 8.60. The minimum absolute atomic E-state index is 0.390. The highest BCUT2D eigenvalue weighted by Gasteiger charge is 2.30. The van der Waals surface area contributed by atoms with Crippen molar-refractivity contribution in [1.29, 1.82) is 0 Å². The van der Waals surface area contributed by atoms with Crippen molar-refractivity contribution in [3.05, 3.63) is 0 Å². The van der Waals surface area contributed by atoms with Crippen LogP contribution in [0.2, 0.25) is 0 Å². The lowest BCUT2D eigenvalue weighted by atomic mass is 9.85. The van der Waals surface area contributed by atoms with Crippen LogP contribution in [0.5, 0.6) is 0 Å². The normalized spacial score (nSPS) is 30.0. The summed E-state index contributed by atoms with van der Waals surface area (Å²) in [5.41, 5.74) is 0. The molecule has 0 radical (unpaired) electrons. The van der Waals surface area contributed by atoms with Gasteiger partial charge in [-0.2, -0.15) is 0 Å². The summed E-state index contributed by atoms with van der Waals surface area (Å²) >= 11 is 0. The van der Waals surface area contributed by atoms with Gasteiger partial charge in [0.15, 0.2) is 0 Å². The highest BCUT2D eigenvalue weighted by atomic mass is 16.2. The first-order valence-corrected chi connectivity index (χ1v) is 8.96. The fourth-order valence-corrected chi connectivity index (χ4v) is 4.02. The maximum atomic E-state index is 12.5. The summed E-state index contributed by atoms with van der Waals surface area (Å²) in [7, 11) is 0. The SMILES string of the molecule is CC(CC(=O)N1CCN(C2CCC2)CC1)C1CCCNC1. The van der Waals surface area contributed by atoms with Gasteiger partial charge in [0.25, 0.3) is 0 Å². The summed E-state index contributed by atoms with van der Waals surface area (Å²) < 4.78 is 0. The fraction of sp³-hybridized carbons (Fsp3) is 0.941. The largest absolute Gasteiger partial charge is 0.340 e. The second-order valence-electron chi connectivity index (χ2n) is 7.29. The Balaban J connectivity index is 1.41. The molecule has 4 nitrogen and oxygen atoms in total. The zero-order valence-corrected chi connectivity index (χ0v) is 13.5. The summed E-state index contributed by atoms with van der Waals surface area (Å²) in [6, 6.07) is 0.828. The molecule has 0 spiro atoms. The topological polar surface area (TPSA) is 35.6 Å². The highest BCUT2D eigenvalue weighted by Crippen LogP contribution is 2.26. The first kappa shape index (κ1) is 15.3. The van der Waals surface area contributed by atoms with Crippen LogP contribution in [0.1, 0.15) is 45.4 Å². The molecule has 1 N–H and O–H groups in total. The molecule has 0 aromatic carbocycles. The molecular weight excluding hydrogens is 262 g/mol. The number of hydrogen-bond acceptors (Lipinski definition) is 3. The lowest BCUT2D eigenvalue weighted by Gasteiger charge is -2.43. The Morgan fingerprint density at radius 2 is 1.90 bits per heavy atom. The summed E-state index contributed by atoms with van der Waals surface area (Å²) in [5, 5.41) is 3.47.